The minimum Gasteiger partial charge on any atom is -0.388 e. The maximum Gasteiger partial charge on any atom is 0.251 e. The van der Waals surface area contributed by atoms with E-state index in [1.807, 2.05) is 19.1 Å². The molecule has 0 aliphatic carbocycles. The number of aliphatic hydroxyl groups is 1. The number of benzene rings is 1. The summed E-state index contributed by atoms with van der Waals surface area (Å²) >= 11 is 3.37. The van der Waals surface area contributed by atoms with Gasteiger partial charge in [-0.2, -0.15) is 0 Å². The van der Waals surface area contributed by atoms with Crippen LogP contribution < -0.4 is 5.32 Å². The van der Waals surface area contributed by atoms with Crippen LogP contribution in [-0.2, 0) is 4.74 Å². The Kier molecular flexibility index (Phi) is 4.60. The van der Waals surface area contributed by atoms with Crippen molar-refractivity contribution in [1.29, 1.82) is 0 Å². The predicted octanol–water partition coefficient (Wildman–Crippen LogP) is 2.03. The number of amides is 1. The van der Waals surface area contributed by atoms with E-state index >= 15 is 0 Å². The monoisotopic (exact) mass is 327 g/mol. The first kappa shape index (κ1) is 14.5. The highest BCUT2D eigenvalue weighted by Gasteiger charge is 2.30. The lowest BCUT2D eigenvalue weighted by Crippen LogP contribution is -2.46. The largest absolute Gasteiger partial charge is 0.388 e. The van der Waals surface area contributed by atoms with Crippen molar-refractivity contribution in [3.05, 3.63) is 33.8 Å². The lowest BCUT2D eigenvalue weighted by molar-refractivity contribution is -0.0605. The SMILES string of the molecule is Cc1cc(Br)ccc1C(=O)NCC1(O)CCOCC1. The van der Waals surface area contributed by atoms with Crippen LogP contribution in [0.25, 0.3) is 0 Å². The minimum absolute atomic E-state index is 0.148. The zero-order chi connectivity index (χ0) is 13.9. The lowest BCUT2D eigenvalue weighted by Gasteiger charge is -2.32. The molecule has 1 fully saturated rings. The Hall–Kier alpha value is -0.910. The molecule has 0 radical (unpaired) electrons. The molecule has 0 aromatic heterocycles. The van der Waals surface area contributed by atoms with Crippen LogP contribution in [0.1, 0.15) is 28.8 Å². The number of aryl methyl sites for hydroxylation is 1. The van der Waals surface area contributed by atoms with Gasteiger partial charge in [-0.3, -0.25) is 4.79 Å². The van der Waals surface area contributed by atoms with Gasteiger partial charge in [0.2, 0.25) is 0 Å². The van der Waals surface area contributed by atoms with Crippen LogP contribution in [0.2, 0.25) is 0 Å². The molecule has 1 saturated heterocycles. The summed E-state index contributed by atoms with van der Waals surface area (Å²) in [6, 6.07) is 5.52. The van der Waals surface area contributed by atoms with Gasteiger partial charge in [0.25, 0.3) is 5.91 Å². The van der Waals surface area contributed by atoms with Gasteiger partial charge in [-0.15, -0.1) is 0 Å². The second-order valence-corrected chi connectivity index (χ2v) is 5.89. The van der Waals surface area contributed by atoms with Gasteiger partial charge in [-0.1, -0.05) is 15.9 Å². The van der Waals surface area contributed by atoms with Crippen LogP contribution >= 0.6 is 15.9 Å². The Morgan fingerprint density at radius 3 is 2.79 bits per heavy atom. The molecule has 4 nitrogen and oxygen atoms in total. The number of rotatable bonds is 3. The van der Waals surface area contributed by atoms with Crippen LogP contribution in [-0.4, -0.2) is 36.4 Å². The maximum absolute atomic E-state index is 12.1. The quantitative estimate of drug-likeness (QED) is 0.893. The Bertz CT molecular complexity index is 470. The van der Waals surface area contributed by atoms with Gasteiger partial charge in [-0.05, 0) is 30.7 Å². The first-order chi connectivity index (χ1) is 9.00. The van der Waals surface area contributed by atoms with Gasteiger partial charge in [0.05, 0.1) is 5.60 Å². The van der Waals surface area contributed by atoms with Crippen molar-refractivity contribution >= 4 is 21.8 Å². The molecule has 0 atom stereocenters. The van der Waals surface area contributed by atoms with Crippen LogP contribution in [0.4, 0.5) is 0 Å². The van der Waals surface area contributed by atoms with Crippen LogP contribution in [0.3, 0.4) is 0 Å². The lowest BCUT2D eigenvalue weighted by atomic mass is 9.94. The minimum atomic E-state index is -0.836. The highest BCUT2D eigenvalue weighted by molar-refractivity contribution is 9.10. The molecule has 104 valence electrons. The number of hydrogen-bond acceptors (Lipinski definition) is 3. The molecule has 0 saturated carbocycles. The summed E-state index contributed by atoms with van der Waals surface area (Å²) in [7, 11) is 0. The average Bonchev–Trinajstić information content (AvgIpc) is 2.37. The van der Waals surface area contributed by atoms with E-state index in [0.717, 1.165) is 10.0 Å². The number of halogens is 1. The standard InChI is InChI=1S/C14H18BrNO3/c1-10-8-11(15)2-3-12(10)13(17)16-9-14(18)4-6-19-7-5-14/h2-3,8,18H,4-7,9H2,1H3,(H,16,17). The number of ether oxygens (including phenoxy) is 1. The number of nitrogens with one attached hydrogen (secondary N) is 1. The Balaban J connectivity index is 1.97. The average molecular weight is 328 g/mol. The maximum atomic E-state index is 12.1. The summed E-state index contributed by atoms with van der Waals surface area (Å²) < 4.78 is 6.16. The normalized spacial score (nSPS) is 18.1. The van der Waals surface area contributed by atoms with E-state index in [9.17, 15) is 9.90 Å². The van der Waals surface area contributed by atoms with Gasteiger partial charge < -0.3 is 15.2 Å². The molecule has 19 heavy (non-hydrogen) atoms. The van der Waals surface area contributed by atoms with E-state index in [4.69, 9.17) is 4.74 Å². The summed E-state index contributed by atoms with van der Waals surface area (Å²) in [5.41, 5.74) is 0.710. The third-order valence-corrected chi connectivity index (χ3v) is 3.93. The molecule has 0 unspecified atom stereocenters. The topological polar surface area (TPSA) is 58.6 Å². The molecule has 1 amide bonds. The molecule has 1 heterocycles. The second kappa shape index (κ2) is 6.03. The van der Waals surface area contributed by atoms with Gasteiger partial charge in [0.15, 0.2) is 0 Å². The molecule has 2 N–H and O–H groups in total. The van der Waals surface area contributed by atoms with E-state index in [2.05, 4.69) is 21.2 Å². The molecule has 5 heteroatoms. The fourth-order valence-corrected chi connectivity index (χ4v) is 2.63. The van der Waals surface area contributed by atoms with Crippen LogP contribution in [0, 0.1) is 6.92 Å². The second-order valence-electron chi connectivity index (χ2n) is 4.98. The van der Waals surface area contributed by atoms with Crippen molar-refractivity contribution in [1.82, 2.24) is 5.32 Å². The molecule has 1 aliphatic rings. The summed E-state index contributed by atoms with van der Waals surface area (Å²) in [5.74, 6) is -0.148. The molecule has 0 bridgehead atoms. The first-order valence-corrected chi connectivity index (χ1v) is 7.14. The van der Waals surface area contributed by atoms with E-state index in [-0.39, 0.29) is 12.5 Å². The van der Waals surface area contributed by atoms with Crippen molar-refractivity contribution in [2.45, 2.75) is 25.4 Å². The van der Waals surface area contributed by atoms with E-state index in [1.165, 1.54) is 0 Å². The zero-order valence-electron chi connectivity index (χ0n) is 10.9. The number of carbonyl (C=O) groups excluding carboxylic acids is 1. The summed E-state index contributed by atoms with van der Waals surface area (Å²) in [4.78, 5) is 12.1. The first-order valence-electron chi connectivity index (χ1n) is 6.35. The van der Waals surface area contributed by atoms with Gasteiger partial charge in [-0.25, -0.2) is 0 Å². The third-order valence-electron chi connectivity index (χ3n) is 3.43. The molecule has 1 aromatic rings. The summed E-state index contributed by atoms with van der Waals surface area (Å²) in [5, 5.41) is 13.1. The number of carbonyl (C=O) groups is 1. The fourth-order valence-electron chi connectivity index (χ4n) is 2.15. The van der Waals surface area contributed by atoms with Gasteiger partial charge in [0, 0.05) is 42.6 Å². The van der Waals surface area contributed by atoms with Crippen LogP contribution in [0.5, 0.6) is 0 Å². The Morgan fingerprint density at radius 1 is 1.47 bits per heavy atom. The highest BCUT2D eigenvalue weighted by Crippen LogP contribution is 2.20. The third kappa shape index (κ3) is 3.78. The summed E-state index contributed by atoms with van der Waals surface area (Å²) in [6.45, 7) is 3.25. The van der Waals surface area contributed by atoms with Crippen molar-refractivity contribution < 1.29 is 14.6 Å². The molecule has 1 aliphatic heterocycles. The summed E-state index contributed by atoms with van der Waals surface area (Å²) in [6.07, 6.45) is 1.12. The van der Waals surface area contributed by atoms with Crippen LogP contribution in [0.15, 0.2) is 22.7 Å². The molecule has 0 spiro atoms. The Labute approximate surface area is 121 Å². The van der Waals surface area contributed by atoms with E-state index in [1.54, 1.807) is 6.07 Å². The molecular weight excluding hydrogens is 310 g/mol. The zero-order valence-corrected chi connectivity index (χ0v) is 12.5. The van der Waals surface area contributed by atoms with E-state index in [0.29, 0.717) is 31.6 Å². The van der Waals surface area contributed by atoms with Crippen molar-refractivity contribution in [3.8, 4) is 0 Å². The van der Waals surface area contributed by atoms with E-state index < -0.39 is 5.60 Å². The molecule has 2 rings (SSSR count). The smallest absolute Gasteiger partial charge is 0.251 e. The van der Waals surface area contributed by atoms with Crippen molar-refractivity contribution in [2.24, 2.45) is 0 Å². The highest BCUT2D eigenvalue weighted by atomic mass is 79.9. The van der Waals surface area contributed by atoms with Gasteiger partial charge >= 0.3 is 0 Å². The van der Waals surface area contributed by atoms with Crippen molar-refractivity contribution in [2.75, 3.05) is 19.8 Å². The molecule has 1 aromatic carbocycles. The van der Waals surface area contributed by atoms with Gasteiger partial charge in [0.1, 0.15) is 0 Å². The predicted molar refractivity (Wildman–Crippen MR) is 76.2 cm³/mol. The Morgan fingerprint density at radius 2 is 2.16 bits per heavy atom. The van der Waals surface area contributed by atoms with Crippen molar-refractivity contribution in [3.63, 3.8) is 0 Å². The number of hydrogen-bond donors (Lipinski definition) is 2. The molecular formula is C14H18BrNO3. The fraction of sp³-hybridized carbons (Fsp3) is 0.500.